The molecule has 0 saturated carbocycles. The Morgan fingerprint density at radius 2 is 1.81 bits per heavy atom. The maximum atomic E-state index is 12.1. The van der Waals surface area contributed by atoms with E-state index in [9.17, 15) is 4.79 Å². The van der Waals surface area contributed by atoms with E-state index in [-0.39, 0.29) is 11.8 Å². The average molecular weight is 382 g/mol. The molecule has 0 spiro atoms. The number of likely N-dealkylation sites (tertiary alicyclic amines) is 2. The van der Waals surface area contributed by atoms with E-state index in [2.05, 4.69) is 20.5 Å². The predicted molar refractivity (Wildman–Crippen MR) is 110 cm³/mol. The zero-order chi connectivity index (χ0) is 19.6. The van der Waals surface area contributed by atoms with Crippen molar-refractivity contribution in [2.45, 2.75) is 45.6 Å². The van der Waals surface area contributed by atoms with Crippen LogP contribution in [0, 0.1) is 11.8 Å². The summed E-state index contributed by atoms with van der Waals surface area (Å²) in [6.45, 7) is 10.8. The molecule has 0 unspecified atom stereocenters. The Labute approximate surface area is 164 Å². The van der Waals surface area contributed by atoms with Gasteiger partial charge in [-0.25, -0.2) is 0 Å². The van der Waals surface area contributed by atoms with Crippen molar-refractivity contribution < 1.29 is 9.53 Å². The standard InChI is InChI=1S/C20H39N5O2/c1-16(2)19(26)25-11-7-18(8-12-25)23-20(21-3)22-15-17-5-9-24(10-6-17)13-14-27-4/h16-18H,5-15H2,1-4H3,(H2,21,22,23). The first kappa shape index (κ1) is 22.0. The number of ether oxygens (including phenoxy) is 1. The van der Waals surface area contributed by atoms with Crippen molar-refractivity contribution in [1.82, 2.24) is 20.4 Å². The van der Waals surface area contributed by atoms with Crippen molar-refractivity contribution in [3.05, 3.63) is 0 Å². The van der Waals surface area contributed by atoms with Crippen LogP contribution in [0.15, 0.2) is 4.99 Å². The fraction of sp³-hybridized carbons (Fsp3) is 0.900. The van der Waals surface area contributed by atoms with Gasteiger partial charge in [0.25, 0.3) is 0 Å². The zero-order valence-electron chi connectivity index (χ0n) is 17.7. The minimum Gasteiger partial charge on any atom is -0.383 e. The number of carbonyl (C=O) groups excluding carboxylic acids is 1. The van der Waals surface area contributed by atoms with Gasteiger partial charge in [-0.2, -0.15) is 0 Å². The molecular weight excluding hydrogens is 342 g/mol. The molecule has 0 aromatic heterocycles. The monoisotopic (exact) mass is 381 g/mol. The topological polar surface area (TPSA) is 69.2 Å². The normalized spacial score (nSPS) is 20.9. The molecule has 2 aliphatic rings. The fourth-order valence-corrected chi connectivity index (χ4v) is 3.87. The van der Waals surface area contributed by atoms with E-state index in [1.54, 1.807) is 7.11 Å². The maximum absolute atomic E-state index is 12.1. The lowest BCUT2D eigenvalue weighted by Gasteiger charge is -2.35. The summed E-state index contributed by atoms with van der Waals surface area (Å²) in [5, 5.41) is 7.06. The highest BCUT2D eigenvalue weighted by atomic mass is 16.5. The fourth-order valence-electron chi connectivity index (χ4n) is 3.87. The van der Waals surface area contributed by atoms with Crippen molar-refractivity contribution >= 4 is 11.9 Å². The van der Waals surface area contributed by atoms with Crippen LogP contribution in [0.1, 0.15) is 39.5 Å². The molecule has 0 atom stereocenters. The second-order valence-corrected chi connectivity index (χ2v) is 8.13. The smallest absolute Gasteiger partial charge is 0.225 e. The van der Waals surface area contributed by atoms with E-state index in [0.29, 0.717) is 12.0 Å². The van der Waals surface area contributed by atoms with Crippen LogP contribution in [0.4, 0.5) is 0 Å². The lowest BCUT2D eigenvalue weighted by atomic mass is 9.97. The number of piperidine rings is 2. The highest BCUT2D eigenvalue weighted by Crippen LogP contribution is 2.16. The van der Waals surface area contributed by atoms with Gasteiger partial charge >= 0.3 is 0 Å². The summed E-state index contributed by atoms with van der Waals surface area (Å²) in [5.74, 6) is 1.95. The molecule has 2 rings (SSSR count). The third-order valence-corrected chi connectivity index (χ3v) is 5.74. The minimum absolute atomic E-state index is 0.0878. The summed E-state index contributed by atoms with van der Waals surface area (Å²) >= 11 is 0. The molecule has 156 valence electrons. The second-order valence-electron chi connectivity index (χ2n) is 8.13. The molecule has 2 heterocycles. The van der Waals surface area contributed by atoms with Crippen molar-refractivity contribution in [3.8, 4) is 0 Å². The third-order valence-electron chi connectivity index (χ3n) is 5.74. The Bertz CT molecular complexity index is 467. The number of amides is 1. The Morgan fingerprint density at radius 1 is 1.15 bits per heavy atom. The van der Waals surface area contributed by atoms with Gasteiger partial charge in [0.05, 0.1) is 6.61 Å². The molecule has 0 aromatic carbocycles. The molecule has 2 saturated heterocycles. The predicted octanol–water partition coefficient (Wildman–Crippen LogP) is 1.16. The lowest BCUT2D eigenvalue weighted by molar-refractivity contribution is -0.135. The van der Waals surface area contributed by atoms with E-state index in [1.165, 1.54) is 12.8 Å². The Kier molecular flexibility index (Phi) is 9.34. The summed E-state index contributed by atoms with van der Waals surface area (Å²) in [7, 11) is 3.60. The first-order valence-electron chi connectivity index (χ1n) is 10.5. The molecule has 2 fully saturated rings. The largest absolute Gasteiger partial charge is 0.383 e. The first-order chi connectivity index (χ1) is 13.0. The zero-order valence-corrected chi connectivity index (χ0v) is 17.7. The highest BCUT2D eigenvalue weighted by molar-refractivity contribution is 5.80. The highest BCUT2D eigenvalue weighted by Gasteiger charge is 2.25. The van der Waals surface area contributed by atoms with Crippen molar-refractivity contribution in [3.63, 3.8) is 0 Å². The number of nitrogens with one attached hydrogen (secondary N) is 2. The molecule has 2 aliphatic heterocycles. The van der Waals surface area contributed by atoms with Gasteiger partial charge in [0.2, 0.25) is 5.91 Å². The summed E-state index contributed by atoms with van der Waals surface area (Å²) in [6, 6.07) is 0.392. The van der Waals surface area contributed by atoms with Gasteiger partial charge < -0.3 is 25.2 Å². The molecule has 0 bridgehead atoms. The minimum atomic E-state index is 0.0878. The molecule has 27 heavy (non-hydrogen) atoms. The Morgan fingerprint density at radius 3 is 2.37 bits per heavy atom. The summed E-state index contributed by atoms with van der Waals surface area (Å²) in [6.07, 6.45) is 4.42. The number of carbonyl (C=O) groups is 1. The van der Waals surface area contributed by atoms with Crippen LogP contribution < -0.4 is 10.6 Å². The van der Waals surface area contributed by atoms with E-state index in [4.69, 9.17) is 4.74 Å². The van der Waals surface area contributed by atoms with E-state index < -0.39 is 0 Å². The molecule has 7 heteroatoms. The summed E-state index contributed by atoms with van der Waals surface area (Å²) in [5.41, 5.74) is 0. The molecule has 7 nitrogen and oxygen atoms in total. The van der Waals surface area contributed by atoms with Gasteiger partial charge in [-0.1, -0.05) is 13.8 Å². The average Bonchev–Trinajstić information content (AvgIpc) is 2.70. The molecule has 0 aliphatic carbocycles. The SMILES string of the molecule is CN=C(NCC1CCN(CCOC)CC1)NC1CCN(C(=O)C(C)C)CC1. The van der Waals surface area contributed by atoms with E-state index in [0.717, 1.165) is 64.7 Å². The van der Waals surface area contributed by atoms with Crippen LogP contribution in [0.2, 0.25) is 0 Å². The summed E-state index contributed by atoms with van der Waals surface area (Å²) < 4.78 is 5.17. The Hall–Kier alpha value is -1.34. The quantitative estimate of drug-likeness (QED) is 0.512. The second kappa shape index (κ2) is 11.5. The van der Waals surface area contributed by atoms with Crippen LogP contribution >= 0.6 is 0 Å². The maximum Gasteiger partial charge on any atom is 0.225 e. The summed E-state index contributed by atoms with van der Waals surface area (Å²) in [4.78, 5) is 21.0. The first-order valence-corrected chi connectivity index (χ1v) is 10.5. The van der Waals surface area contributed by atoms with E-state index >= 15 is 0 Å². The van der Waals surface area contributed by atoms with Crippen LogP contribution in [0.25, 0.3) is 0 Å². The van der Waals surface area contributed by atoms with Crippen LogP contribution in [0.5, 0.6) is 0 Å². The lowest BCUT2D eigenvalue weighted by Crippen LogP contribution is -2.51. The number of methoxy groups -OCH3 is 1. The molecule has 1 amide bonds. The number of aliphatic imine (C=N–C) groups is 1. The van der Waals surface area contributed by atoms with Crippen molar-refractivity contribution in [2.24, 2.45) is 16.8 Å². The number of guanidine groups is 1. The molecule has 2 N–H and O–H groups in total. The van der Waals surface area contributed by atoms with Gasteiger partial charge in [-0.15, -0.1) is 0 Å². The van der Waals surface area contributed by atoms with Gasteiger partial charge in [0.1, 0.15) is 0 Å². The van der Waals surface area contributed by atoms with Crippen molar-refractivity contribution in [2.75, 3.05) is 60.0 Å². The number of hydrogen-bond donors (Lipinski definition) is 2. The number of nitrogens with zero attached hydrogens (tertiary/aromatic N) is 3. The van der Waals surface area contributed by atoms with Gasteiger partial charge in [0.15, 0.2) is 5.96 Å². The van der Waals surface area contributed by atoms with Crippen LogP contribution in [-0.2, 0) is 9.53 Å². The van der Waals surface area contributed by atoms with Gasteiger partial charge in [-0.3, -0.25) is 9.79 Å². The van der Waals surface area contributed by atoms with Crippen LogP contribution in [-0.4, -0.2) is 87.7 Å². The number of hydrogen-bond acceptors (Lipinski definition) is 4. The van der Waals surface area contributed by atoms with Gasteiger partial charge in [-0.05, 0) is 44.7 Å². The number of rotatable bonds is 7. The van der Waals surface area contributed by atoms with Gasteiger partial charge in [0, 0.05) is 52.3 Å². The third kappa shape index (κ3) is 7.30. The van der Waals surface area contributed by atoms with Crippen molar-refractivity contribution in [1.29, 1.82) is 0 Å². The van der Waals surface area contributed by atoms with Crippen LogP contribution in [0.3, 0.4) is 0 Å². The molecule has 0 aromatic rings. The van der Waals surface area contributed by atoms with E-state index in [1.807, 2.05) is 25.8 Å². The molecule has 0 radical (unpaired) electrons. The Balaban J connectivity index is 1.65. The molecular formula is C20H39N5O2.